The normalized spacial score (nSPS) is 17.2. The van der Waals surface area contributed by atoms with Crippen molar-refractivity contribution in [1.29, 1.82) is 0 Å². The van der Waals surface area contributed by atoms with Gasteiger partial charge in [0.2, 0.25) is 0 Å². The number of fused-ring (bicyclic) bond motifs is 1. The molecule has 2 aliphatic heterocycles. The maximum atomic E-state index is 12.8. The molecule has 0 radical (unpaired) electrons. The van der Waals surface area contributed by atoms with E-state index in [1.165, 1.54) is 5.56 Å². The van der Waals surface area contributed by atoms with Gasteiger partial charge in [-0.1, -0.05) is 30.3 Å². The molecule has 1 saturated heterocycles. The molecule has 2 aliphatic rings. The third-order valence-corrected chi connectivity index (χ3v) is 5.01. The standard InChI is InChI=1S/C21H24N2O3/c24-21(18-6-7-19-20(16-18)26-15-14-25-19)23-12-10-22(11-13-23)9-8-17-4-2-1-3-5-17/h1-7,16H,8-15H2. The first-order chi connectivity index (χ1) is 12.8. The van der Waals surface area contributed by atoms with Gasteiger partial charge in [-0.25, -0.2) is 0 Å². The van der Waals surface area contributed by atoms with Crippen LogP contribution >= 0.6 is 0 Å². The minimum atomic E-state index is 0.0738. The molecular formula is C21H24N2O3. The van der Waals surface area contributed by atoms with Gasteiger partial charge in [0.1, 0.15) is 13.2 Å². The first-order valence-electron chi connectivity index (χ1n) is 9.25. The maximum Gasteiger partial charge on any atom is 0.254 e. The molecule has 0 unspecified atom stereocenters. The summed E-state index contributed by atoms with van der Waals surface area (Å²) in [5.41, 5.74) is 2.04. The monoisotopic (exact) mass is 352 g/mol. The summed E-state index contributed by atoms with van der Waals surface area (Å²) in [5, 5.41) is 0. The van der Waals surface area contributed by atoms with Crippen molar-refractivity contribution in [2.24, 2.45) is 0 Å². The Morgan fingerprint density at radius 1 is 0.885 bits per heavy atom. The molecule has 2 heterocycles. The van der Waals surface area contributed by atoms with E-state index in [0.717, 1.165) is 44.9 Å². The Morgan fingerprint density at radius 3 is 2.38 bits per heavy atom. The van der Waals surface area contributed by atoms with Crippen molar-refractivity contribution in [3.05, 3.63) is 59.7 Å². The van der Waals surface area contributed by atoms with Gasteiger partial charge in [-0.2, -0.15) is 0 Å². The van der Waals surface area contributed by atoms with E-state index < -0.39 is 0 Å². The van der Waals surface area contributed by atoms with E-state index in [1.54, 1.807) is 6.07 Å². The lowest BCUT2D eigenvalue weighted by Gasteiger charge is -2.35. The second kappa shape index (κ2) is 7.79. The molecule has 1 fully saturated rings. The number of nitrogens with zero attached hydrogens (tertiary/aromatic N) is 2. The highest BCUT2D eigenvalue weighted by molar-refractivity contribution is 5.95. The molecule has 2 aromatic rings. The van der Waals surface area contributed by atoms with Gasteiger partial charge in [0.15, 0.2) is 11.5 Å². The SMILES string of the molecule is O=C(c1ccc2c(c1)OCCO2)N1CCN(CCc2ccccc2)CC1. The maximum absolute atomic E-state index is 12.8. The Hall–Kier alpha value is -2.53. The van der Waals surface area contributed by atoms with Crippen LogP contribution in [0.4, 0.5) is 0 Å². The molecule has 0 N–H and O–H groups in total. The minimum Gasteiger partial charge on any atom is -0.486 e. The number of carbonyl (C=O) groups is 1. The molecule has 0 aromatic heterocycles. The molecule has 136 valence electrons. The van der Waals surface area contributed by atoms with E-state index in [0.29, 0.717) is 24.5 Å². The average molecular weight is 352 g/mol. The molecule has 0 bridgehead atoms. The van der Waals surface area contributed by atoms with Gasteiger partial charge in [0.25, 0.3) is 5.91 Å². The summed E-state index contributed by atoms with van der Waals surface area (Å²) < 4.78 is 11.1. The van der Waals surface area contributed by atoms with Crippen molar-refractivity contribution >= 4 is 5.91 Å². The van der Waals surface area contributed by atoms with Crippen LogP contribution in [0.2, 0.25) is 0 Å². The highest BCUT2D eigenvalue weighted by Crippen LogP contribution is 2.31. The number of ether oxygens (including phenoxy) is 2. The fourth-order valence-electron chi connectivity index (χ4n) is 3.47. The van der Waals surface area contributed by atoms with Crippen LogP contribution in [0.25, 0.3) is 0 Å². The van der Waals surface area contributed by atoms with Crippen LogP contribution in [0.5, 0.6) is 11.5 Å². The van der Waals surface area contributed by atoms with Crippen LogP contribution in [0.3, 0.4) is 0 Å². The van der Waals surface area contributed by atoms with Crippen molar-refractivity contribution in [2.45, 2.75) is 6.42 Å². The lowest BCUT2D eigenvalue weighted by molar-refractivity contribution is 0.0637. The van der Waals surface area contributed by atoms with Gasteiger partial charge in [-0.15, -0.1) is 0 Å². The first kappa shape index (κ1) is 16.9. The summed E-state index contributed by atoms with van der Waals surface area (Å²) >= 11 is 0. The summed E-state index contributed by atoms with van der Waals surface area (Å²) in [5.74, 6) is 1.46. The van der Waals surface area contributed by atoms with Gasteiger partial charge in [-0.05, 0) is 30.2 Å². The van der Waals surface area contributed by atoms with Crippen LogP contribution in [0.1, 0.15) is 15.9 Å². The van der Waals surface area contributed by atoms with Crippen molar-refractivity contribution in [1.82, 2.24) is 9.80 Å². The lowest BCUT2D eigenvalue weighted by atomic mass is 10.1. The third-order valence-electron chi connectivity index (χ3n) is 5.01. The fourth-order valence-corrected chi connectivity index (χ4v) is 3.47. The van der Waals surface area contributed by atoms with Crippen LogP contribution in [-0.2, 0) is 6.42 Å². The molecule has 4 rings (SSSR count). The van der Waals surface area contributed by atoms with Crippen LogP contribution in [-0.4, -0.2) is 61.6 Å². The van der Waals surface area contributed by atoms with E-state index in [4.69, 9.17) is 9.47 Å². The largest absolute Gasteiger partial charge is 0.486 e. The van der Waals surface area contributed by atoms with E-state index >= 15 is 0 Å². The second-order valence-corrected chi connectivity index (χ2v) is 6.73. The highest BCUT2D eigenvalue weighted by atomic mass is 16.6. The Bertz CT molecular complexity index is 755. The Kier molecular flexibility index (Phi) is 5.07. The van der Waals surface area contributed by atoms with Gasteiger partial charge >= 0.3 is 0 Å². The number of rotatable bonds is 4. The fraction of sp³-hybridized carbons (Fsp3) is 0.381. The van der Waals surface area contributed by atoms with Gasteiger partial charge in [-0.3, -0.25) is 9.69 Å². The molecule has 0 saturated carbocycles. The van der Waals surface area contributed by atoms with E-state index in [-0.39, 0.29) is 5.91 Å². The highest BCUT2D eigenvalue weighted by Gasteiger charge is 2.23. The van der Waals surface area contributed by atoms with Crippen molar-refractivity contribution < 1.29 is 14.3 Å². The third kappa shape index (κ3) is 3.83. The minimum absolute atomic E-state index is 0.0738. The Morgan fingerprint density at radius 2 is 1.62 bits per heavy atom. The van der Waals surface area contributed by atoms with Crippen molar-refractivity contribution in [2.75, 3.05) is 45.9 Å². The Labute approximate surface area is 154 Å². The summed E-state index contributed by atoms with van der Waals surface area (Å²) in [6.07, 6.45) is 1.05. The number of piperazine rings is 1. The van der Waals surface area contributed by atoms with Crippen molar-refractivity contribution in [3.63, 3.8) is 0 Å². The zero-order valence-electron chi connectivity index (χ0n) is 14.9. The summed E-state index contributed by atoms with van der Waals surface area (Å²) in [6.45, 7) is 5.50. The number of hydrogen-bond donors (Lipinski definition) is 0. The van der Waals surface area contributed by atoms with Crippen molar-refractivity contribution in [3.8, 4) is 11.5 Å². The van der Waals surface area contributed by atoms with E-state index in [2.05, 4.69) is 29.2 Å². The number of carbonyl (C=O) groups excluding carboxylic acids is 1. The van der Waals surface area contributed by atoms with Crippen LogP contribution < -0.4 is 9.47 Å². The molecule has 0 spiro atoms. The molecule has 0 atom stereocenters. The summed E-state index contributed by atoms with van der Waals surface area (Å²) in [7, 11) is 0. The predicted octanol–water partition coefficient (Wildman–Crippen LogP) is 2.46. The molecule has 2 aromatic carbocycles. The lowest BCUT2D eigenvalue weighted by Crippen LogP contribution is -2.49. The smallest absolute Gasteiger partial charge is 0.254 e. The van der Waals surface area contributed by atoms with Crippen LogP contribution in [0.15, 0.2) is 48.5 Å². The van der Waals surface area contributed by atoms with Gasteiger partial charge in [0, 0.05) is 38.3 Å². The zero-order valence-corrected chi connectivity index (χ0v) is 14.9. The average Bonchev–Trinajstić information content (AvgIpc) is 2.72. The topological polar surface area (TPSA) is 42.0 Å². The molecule has 26 heavy (non-hydrogen) atoms. The first-order valence-corrected chi connectivity index (χ1v) is 9.25. The number of hydrogen-bond acceptors (Lipinski definition) is 4. The quantitative estimate of drug-likeness (QED) is 0.848. The molecule has 5 nitrogen and oxygen atoms in total. The number of amides is 1. The molecule has 0 aliphatic carbocycles. The Balaban J connectivity index is 1.31. The van der Waals surface area contributed by atoms with Gasteiger partial charge < -0.3 is 14.4 Å². The second-order valence-electron chi connectivity index (χ2n) is 6.73. The zero-order chi connectivity index (χ0) is 17.8. The van der Waals surface area contributed by atoms with Crippen LogP contribution in [0, 0.1) is 0 Å². The predicted molar refractivity (Wildman–Crippen MR) is 99.9 cm³/mol. The number of benzene rings is 2. The molecular weight excluding hydrogens is 328 g/mol. The van der Waals surface area contributed by atoms with E-state index in [1.807, 2.05) is 23.1 Å². The van der Waals surface area contributed by atoms with E-state index in [9.17, 15) is 4.79 Å². The summed E-state index contributed by atoms with van der Waals surface area (Å²) in [4.78, 5) is 17.1. The van der Waals surface area contributed by atoms with Gasteiger partial charge in [0.05, 0.1) is 0 Å². The molecule has 5 heteroatoms. The summed E-state index contributed by atoms with van der Waals surface area (Å²) in [6, 6.07) is 16.0. The molecule has 1 amide bonds.